The Kier molecular flexibility index (Phi) is 7.22. The van der Waals surface area contributed by atoms with E-state index in [1.54, 1.807) is 17.8 Å². The van der Waals surface area contributed by atoms with Crippen LogP contribution >= 0.6 is 46.0 Å². The molecular weight excluding hydrogens is 516 g/mol. The van der Waals surface area contributed by atoms with Gasteiger partial charge in [0.25, 0.3) is 5.91 Å². The minimum atomic E-state index is -0.746. The zero-order valence-corrected chi connectivity index (χ0v) is 18.5. The Morgan fingerprint density at radius 3 is 2.75 bits per heavy atom. The smallest absolute Gasteiger partial charge is 0.303 e. The Bertz CT molecular complexity index is 911. The summed E-state index contributed by atoms with van der Waals surface area (Å²) in [5, 5.41) is 12.0. The highest BCUT2D eigenvalue weighted by molar-refractivity contribution is 14.1. The molecule has 1 aliphatic rings. The topological polar surface area (TPSA) is 66.4 Å². The average molecular weight is 534 g/mol. The van der Waals surface area contributed by atoms with Gasteiger partial charge in [0.15, 0.2) is 0 Å². The molecule has 2 aromatic rings. The number of nitrogens with one attached hydrogen (secondary N) is 1. The molecule has 0 aliphatic heterocycles. The van der Waals surface area contributed by atoms with Crippen molar-refractivity contribution in [3.63, 3.8) is 0 Å². The van der Waals surface area contributed by atoms with E-state index in [0.29, 0.717) is 16.5 Å². The fraction of sp³-hybridized carbons (Fsp3) is 0.300. The van der Waals surface area contributed by atoms with E-state index >= 15 is 0 Å². The van der Waals surface area contributed by atoms with Gasteiger partial charge < -0.3 is 10.4 Å². The zero-order chi connectivity index (χ0) is 20.3. The molecule has 3 rings (SSSR count). The molecular formula is C20H18ClFINO3S. The van der Waals surface area contributed by atoms with Crippen molar-refractivity contribution in [2.75, 3.05) is 5.32 Å². The van der Waals surface area contributed by atoms with Crippen LogP contribution in [0, 0.1) is 15.3 Å². The van der Waals surface area contributed by atoms with Gasteiger partial charge in [-0.05, 0) is 84.2 Å². The van der Waals surface area contributed by atoms with Crippen LogP contribution in [0.1, 0.15) is 36.0 Å². The van der Waals surface area contributed by atoms with E-state index in [4.69, 9.17) is 16.7 Å². The molecule has 28 heavy (non-hydrogen) atoms. The predicted molar refractivity (Wildman–Crippen MR) is 118 cm³/mol. The molecule has 8 heteroatoms. The third kappa shape index (κ3) is 5.61. The number of rotatable bonds is 6. The lowest BCUT2D eigenvalue weighted by Gasteiger charge is -2.13. The van der Waals surface area contributed by atoms with Crippen molar-refractivity contribution < 1.29 is 19.1 Å². The molecule has 0 bridgehead atoms. The molecule has 0 radical (unpaired) electrons. The van der Waals surface area contributed by atoms with E-state index in [1.165, 1.54) is 18.2 Å². The lowest BCUT2D eigenvalue weighted by atomic mass is 10.1. The third-order valence-corrected chi connectivity index (χ3v) is 7.57. The predicted octanol–water partition coefficient (Wildman–Crippen LogP) is 6.07. The molecule has 2 aromatic carbocycles. The number of thioether (sulfide) groups is 1. The highest BCUT2D eigenvalue weighted by atomic mass is 127. The van der Waals surface area contributed by atoms with Gasteiger partial charge in [0, 0.05) is 31.4 Å². The summed E-state index contributed by atoms with van der Waals surface area (Å²) in [5.74, 6) is -1.35. The number of benzene rings is 2. The van der Waals surface area contributed by atoms with Crippen molar-refractivity contribution in [3.8, 4) is 0 Å². The van der Waals surface area contributed by atoms with Crippen LogP contribution in [0.25, 0.3) is 0 Å². The molecule has 1 amide bonds. The second-order valence-electron chi connectivity index (χ2n) is 6.75. The van der Waals surface area contributed by atoms with Crippen molar-refractivity contribution >= 4 is 63.5 Å². The molecule has 0 saturated heterocycles. The summed E-state index contributed by atoms with van der Waals surface area (Å²) in [7, 11) is 0. The second-order valence-corrected chi connectivity index (χ2v) is 9.66. The number of aliphatic carboxylic acids is 1. The van der Waals surface area contributed by atoms with Gasteiger partial charge in [-0.1, -0.05) is 11.6 Å². The fourth-order valence-corrected chi connectivity index (χ4v) is 5.51. The first-order chi connectivity index (χ1) is 13.3. The van der Waals surface area contributed by atoms with E-state index in [2.05, 4.69) is 27.9 Å². The summed E-state index contributed by atoms with van der Waals surface area (Å²) in [5.41, 5.74) is 0.930. The van der Waals surface area contributed by atoms with E-state index in [9.17, 15) is 14.0 Å². The number of halogens is 3. The molecule has 1 fully saturated rings. The largest absolute Gasteiger partial charge is 0.481 e. The molecule has 148 valence electrons. The van der Waals surface area contributed by atoms with Gasteiger partial charge in [0.1, 0.15) is 5.82 Å². The van der Waals surface area contributed by atoms with Gasteiger partial charge in [-0.2, -0.15) is 0 Å². The monoisotopic (exact) mass is 533 g/mol. The Balaban J connectivity index is 1.68. The van der Waals surface area contributed by atoms with Crippen LogP contribution < -0.4 is 5.32 Å². The van der Waals surface area contributed by atoms with Gasteiger partial charge >= 0.3 is 5.97 Å². The third-order valence-electron chi connectivity index (χ3n) is 4.62. The van der Waals surface area contributed by atoms with Crippen molar-refractivity contribution in [2.24, 2.45) is 5.92 Å². The normalized spacial score (nSPS) is 18.8. The maximum Gasteiger partial charge on any atom is 0.303 e. The van der Waals surface area contributed by atoms with E-state index in [1.807, 2.05) is 12.1 Å². The molecule has 0 spiro atoms. The van der Waals surface area contributed by atoms with E-state index < -0.39 is 11.8 Å². The van der Waals surface area contributed by atoms with Crippen LogP contribution in [-0.2, 0) is 4.79 Å². The quantitative estimate of drug-likeness (QED) is 0.442. The Morgan fingerprint density at radius 1 is 1.25 bits per heavy atom. The van der Waals surface area contributed by atoms with Crippen LogP contribution in [0.4, 0.5) is 10.1 Å². The number of carbonyl (C=O) groups is 2. The summed E-state index contributed by atoms with van der Waals surface area (Å²) < 4.78 is 14.3. The summed E-state index contributed by atoms with van der Waals surface area (Å²) in [6, 6.07) is 9.52. The van der Waals surface area contributed by atoms with Crippen molar-refractivity contribution in [2.45, 2.75) is 35.8 Å². The summed E-state index contributed by atoms with van der Waals surface area (Å²) in [6.45, 7) is 0. The first-order valence-electron chi connectivity index (χ1n) is 8.76. The van der Waals surface area contributed by atoms with Crippen LogP contribution in [0.5, 0.6) is 0 Å². The fourth-order valence-electron chi connectivity index (χ4n) is 3.26. The number of hydrogen-bond acceptors (Lipinski definition) is 3. The molecule has 2 N–H and O–H groups in total. The lowest BCUT2D eigenvalue weighted by Crippen LogP contribution is -2.12. The van der Waals surface area contributed by atoms with Crippen LogP contribution in [0.2, 0.25) is 5.02 Å². The van der Waals surface area contributed by atoms with Gasteiger partial charge in [-0.3, -0.25) is 9.59 Å². The number of amides is 1. The Labute approximate surface area is 185 Å². The van der Waals surface area contributed by atoms with Crippen LogP contribution in [-0.4, -0.2) is 22.2 Å². The molecule has 1 aliphatic carbocycles. The van der Waals surface area contributed by atoms with Crippen molar-refractivity contribution in [1.29, 1.82) is 0 Å². The molecule has 2 atom stereocenters. The first kappa shape index (κ1) is 21.4. The highest BCUT2D eigenvalue weighted by Gasteiger charge is 2.27. The molecule has 0 aromatic heterocycles. The summed E-state index contributed by atoms with van der Waals surface area (Å²) in [6.07, 6.45) is 2.99. The second kappa shape index (κ2) is 9.45. The minimum absolute atomic E-state index is 0.0474. The van der Waals surface area contributed by atoms with Crippen molar-refractivity contribution in [1.82, 2.24) is 0 Å². The van der Waals surface area contributed by atoms with E-state index in [-0.39, 0.29) is 23.3 Å². The molecule has 0 heterocycles. The standard InChI is InChI=1S/C20H18ClFINO3S/c21-15-10-13(3-5-16(15)22)24-20(27)12-2-6-17(23)18(9-12)28-14-4-1-11(7-14)8-19(25)26/h2-3,5-6,9-11,14H,1,4,7-8H2,(H,24,27)(H,25,26). The Morgan fingerprint density at radius 2 is 2.04 bits per heavy atom. The lowest BCUT2D eigenvalue weighted by molar-refractivity contribution is -0.138. The van der Waals surface area contributed by atoms with Gasteiger partial charge in [0.05, 0.1) is 5.02 Å². The minimum Gasteiger partial charge on any atom is -0.481 e. The van der Waals surface area contributed by atoms with Gasteiger partial charge in [0.2, 0.25) is 0 Å². The highest BCUT2D eigenvalue weighted by Crippen LogP contribution is 2.40. The first-order valence-corrected chi connectivity index (χ1v) is 11.1. The number of anilines is 1. The average Bonchev–Trinajstić information content (AvgIpc) is 3.06. The number of carbonyl (C=O) groups excluding carboxylic acids is 1. The summed E-state index contributed by atoms with van der Waals surface area (Å²) in [4.78, 5) is 24.5. The maximum atomic E-state index is 13.3. The molecule has 1 saturated carbocycles. The number of carboxylic acids is 1. The van der Waals surface area contributed by atoms with Gasteiger partial charge in [-0.15, -0.1) is 11.8 Å². The maximum absolute atomic E-state index is 13.3. The number of hydrogen-bond donors (Lipinski definition) is 2. The van der Waals surface area contributed by atoms with Crippen LogP contribution in [0.3, 0.4) is 0 Å². The van der Waals surface area contributed by atoms with Gasteiger partial charge in [-0.25, -0.2) is 4.39 Å². The molecule has 4 nitrogen and oxygen atoms in total. The number of carboxylic acid groups (broad SMARTS) is 1. The van der Waals surface area contributed by atoms with Crippen molar-refractivity contribution in [3.05, 3.63) is 56.4 Å². The van der Waals surface area contributed by atoms with E-state index in [0.717, 1.165) is 27.7 Å². The van der Waals surface area contributed by atoms with Crippen LogP contribution in [0.15, 0.2) is 41.3 Å². The zero-order valence-electron chi connectivity index (χ0n) is 14.8. The molecule has 2 unspecified atom stereocenters. The summed E-state index contributed by atoms with van der Waals surface area (Å²) >= 11 is 9.70. The SMILES string of the molecule is O=C(O)CC1CCC(Sc2cc(C(=O)Nc3ccc(F)c(Cl)c3)ccc2I)C1. The Hall–Kier alpha value is -1.32.